The van der Waals surface area contributed by atoms with Gasteiger partial charge in [0.25, 0.3) is 11.8 Å². The van der Waals surface area contributed by atoms with Crippen LogP contribution in [0.2, 0.25) is 0 Å². The Hall–Kier alpha value is -3.92. The Morgan fingerprint density at radius 2 is 1.63 bits per heavy atom. The molecule has 0 fully saturated rings. The Labute approximate surface area is 228 Å². The highest BCUT2D eigenvalue weighted by Gasteiger charge is 2.36. The molecule has 0 aliphatic heterocycles. The van der Waals surface area contributed by atoms with Gasteiger partial charge in [-0.3, -0.25) is 19.3 Å². The second-order valence-electron chi connectivity index (χ2n) is 9.94. The summed E-state index contributed by atoms with van der Waals surface area (Å²) in [5, 5.41) is 3.01. The van der Waals surface area contributed by atoms with E-state index < -0.39 is 17.9 Å². The maximum atomic E-state index is 14.2. The largest absolute Gasteiger partial charge is 0.395 e. The van der Waals surface area contributed by atoms with E-state index in [0.717, 1.165) is 34.8 Å². The summed E-state index contributed by atoms with van der Waals surface area (Å²) < 4.78 is 4.01. The summed E-state index contributed by atoms with van der Waals surface area (Å²) in [6.07, 6.45) is 0.791. The van der Waals surface area contributed by atoms with Gasteiger partial charge in [0.15, 0.2) is 5.69 Å². The zero-order chi connectivity index (χ0) is 28.1. The van der Waals surface area contributed by atoms with Gasteiger partial charge in [0, 0.05) is 32.0 Å². The molecule has 0 aliphatic carbocycles. The fourth-order valence-corrected chi connectivity index (χ4v) is 4.69. The van der Waals surface area contributed by atoms with Gasteiger partial charge in [-0.25, -0.2) is 0 Å². The van der Waals surface area contributed by atoms with Crippen LogP contribution in [0.15, 0.2) is 42.5 Å². The summed E-state index contributed by atoms with van der Waals surface area (Å²) in [5.41, 5.74) is 15.4. The third kappa shape index (κ3) is 6.31. The van der Waals surface area contributed by atoms with Crippen LogP contribution in [-0.2, 0) is 4.79 Å². The summed E-state index contributed by atoms with van der Waals surface area (Å²) in [4.78, 5) is 43.2. The Balaban J connectivity index is 2.20. The summed E-state index contributed by atoms with van der Waals surface area (Å²) in [7, 11) is 3.86. The first-order chi connectivity index (χ1) is 17.9. The molecule has 0 spiro atoms. The van der Waals surface area contributed by atoms with Gasteiger partial charge in [-0.2, -0.15) is 4.37 Å². The lowest BCUT2D eigenvalue weighted by molar-refractivity contribution is -0.122. The third-order valence-electron chi connectivity index (χ3n) is 6.40. The van der Waals surface area contributed by atoms with Crippen LogP contribution in [0.4, 0.5) is 17.1 Å². The van der Waals surface area contributed by atoms with E-state index in [1.807, 2.05) is 69.2 Å². The zero-order valence-electron chi connectivity index (χ0n) is 22.7. The Bertz CT molecular complexity index is 1320. The van der Waals surface area contributed by atoms with Crippen LogP contribution in [0.25, 0.3) is 0 Å². The lowest BCUT2D eigenvalue weighted by Gasteiger charge is -2.32. The van der Waals surface area contributed by atoms with Gasteiger partial charge in [-0.15, -0.1) is 0 Å². The van der Waals surface area contributed by atoms with Crippen LogP contribution in [-0.4, -0.2) is 42.7 Å². The van der Waals surface area contributed by atoms with Crippen molar-refractivity contribution in [1.82, 2.24) is 9.69 Å². The molecule has 1 heterocycles. The molecule has 0 unspecified atom stereocenters. The summed E-state index contributed by atoms with van der Waals surface area (Å²) in [6.45, 7) is 8.54. The van der Waals surface area contributed by atoms with Crippen LogP contribution >= 0.6 is 11.5 Å². The molecule has 1 atom stereocenters. The number of nitrogens with two attached hydrogens (primary N) is 2. The predicted octanol–water partition coefficient (Wildman–Crippen LogP) is 4.06. The second-order valence-corrected chi connectivity index (χ2v) is 10.7. The molecule has 3 rings (SSSR count). The van der Waals surface area contributed by atoms with E-state index in [1.54, 1.807) is 6.07 Å². The highest BCUT2D eigenvalue weighted by atomic mass is 32.1. The minimum atomic E-state index is -1.01. The van der Waals surface area contributed by atoms with Gasteiger partial charge >= 0.3 is 0 Å². The summed E-state index contributed by atoms with van der Waals surface area (Å²) >= 11 is 0.790. The number of aromatic nitrogens is 1. The average Bonchev–Trinajstić information content (AvgIpc) is 3.25. The molecule has 2 aromatic carbocycles. The van der Waals surface area contributed by atoms with Gasteiger partial charge in [0.2, 0.25) is 5.91 Å². The van der Waals surface area contributed by atoms with Crippen molar-refractivity contribution in [3.05, 3.63) is 69.7 Å². The number of carbonyl (C=O) groups is 3. The van der Waals surface area contributed by atoms with Crippen molar-refractivity contribution in [1.29, 1.82) is 0 Å². The minimum absolute atomic E-state index is 0.0434. The SMILES string of the molecule is Cc1ccc(N(C(=O)c2snc(C(N)=O)c2N)[C@H](C(=O)NCCC(C)C)c2ccc(N(C)C)cc2)cc1C. The highest BCUT2D eigenvalue weighted by Crippen LogP contribution is 2.34. The number of anilines is 3. The fourth-order valence-electron chi connectivity index (χ4n) is 3.95. The summed E-state index contributed by atoms with van der Waals surface area (Å²) in [5.74, 6) is -1.29. The van der Waals surface area contributed by atoms with Crippen LogP contribution in [0, 0.1) is 19.8 Å². The first-order valence-corrected chi connectivity index (χ1v) is 13.2. The molecule has 3 amide bonds. The van der Waals surface area contributed by atoms with E-state index in [1.165, 1.54) is 4.90 Å². The standard InChI is InChI=1S/C28H36N6O3S/c1-16(2)13-14-31-27(36)24(19-8-11-20(12-9-19)33(5)6)34(21-10-7-17(3)18(4)15-21)28(37)25-22(29)23(26(30)35)32-38-25/h7-12,15-16,24H,13-14,29H2,1-6H3,(H2,30,35)(H,31,36)/t24-/m0/s1. The lowest BCUT2D eigenvalue weighted by atomic mass is 10.0. The number of nitrogen functional groups attached to an aromatic ring is 1. The van der Waals surface area contributed by atoms with Crippen molar-refractivity contribution >= 4 is 46.3 Å². The van der Waals surface area contributed by atoms with Gasteiger partial charge in [0.05, 0.1) is 5.69 Å². The van der Waals surface area contributed by atoms with Crippen molar-refractivity contribution in [2.75, 3.05) is 36.2 Å². The minimum Gasteiger partial charge on any atom is -0.395 e. The molecule has 202 valence electrons. The molecule has 38 heavy (non-hydrogen) atoms. The number of nitrogens with one attached hydrogen (secondary N) is 1. The molecule has 1 aromatic heterocycles. The quantitative estimate of drug-likeness (QED) is 0.358. The number of rotatable bonds is 10. The lowest BCUT2D eigenvalue weighted by Crippen LogP contribution is -2.44. The topological polar surface area (TPSA) is 135 Å². The molecule has 0 saturated carbocycles. The summed E-state index contributed by atoms with van der Waals surface area (Å²) in [6, 6.07) is 12.0. The van der Waals surface area contributed by atoms with Gasteiger partial charge in [-0.1, -0.05) is 32.0 Å². The normalized spacial score (nSPS) is 11.8. The number of aryl methyl sites for hydroxylation is 2. The second kappa shape index (κ2) is 12.1. The maximum Gasteiger partial charge on any atom is 0.273 e. The first kappa shape index (κ1) is 28.6. The molecule has 0 saturated heterocycles. The number of hydrogen-bond acceptors (Lipinski definition) is 7. The number of carbonyl (C=O) groups excluding carboxylic acids is 3. The number of amides is 3. The monoisotopic (exact) mass is 536 g/mol. The third-order valence-corrected chi connectivity index (χ3v) is 7.25. The van der Waals surface area contributed by atoms with Crippen LogP contribution in [0.5, 0.6) is 0 Å². The first-order valence-electron chi connectivity index (χ1n) is 12.4. The van der Waals surface area contributed by atoms with E-state index in [9.17, 15) is 14.4 Å². The zero-order valence-corrected chi connectivity index (χ0v) is 23.6. The smallest absolute Gasteiger partial charge is 0.273 e. The molecule has 9 nitrogen and oxygen atoms in total. The van der Waals surface area contributed by atoms with Gasteiger partial charge in [0.1, 0.15) is 10.9 Å². The maximum absolute atomic E-state index is 14.2. The molecule has 0 bridgehead atoms. The van der Waals surface area contributed by atoms with Crippen molar-refractivity contribution in [2.45, 2.75) is 40.2 Å². The van der Waals surface area contributed by atoms with E-state index >= 15 is 0 Å². The van der Waals surface area contributed by atoms with Gasteiger partial charge < -0.3 is 21.7 Å². The molecular weight excluding hydrogens is 500 g/mol. The van der Waals surface area contributed by atoms with Crippen LogP contribution < -0.4 is 26.6 Å². The average molecular weight is 537 g/mol. The predicted molar refractivity (Wildman–Crippen MR) is 154 cm³/mol. The highest BCUT2D eigenvalue weighted by molar-refractivity contribution is 7.09. The van der Waals surface area contributed by atoms with Crippen molar-refractivity contribution in [3.63, 3.8) is 0 Å². The van der Waals surface area contributed by atoms with E-state index in [0.29, 0.717) is 23.7 Å². The molecule has 10 heteroatoms. The molecular formula is C28H36N6O3S. The van der Waals surface area contributed by atoms with E-state index in [4.69, 9.17) is 11.5 Å². The molecule has 0 radical (unpaired) electrons. The fraction of sp³-hybridized carbons (Fsp3) is 0.357. The molecule has 0 aliphatic rings. The molecule has 5 N–H and O–H groups in total. The van der Waals surface area contributed by atoms with Crippen molar-refractivity contribution < 1.29 is 14.4 Å². The van der Waals surface area contributed by atoms with E-state index in [2.05, 4.69) is 23.5 Å². The van der Waals surface area contributed by atoms with Crippen LogP contribution in [0.1, 0.15) is 63.2 Å². The number of nitrogens with zero attached hydrogens (tertiary/aromatic N) is 3. The van der Waals surface area contributed by atoms with Crippen molar-refractivity contribution in [2.24, 2.45) is 11.7 Å². The number of hydrogen-bond donors (Lipinski definition) is 3. The van der Waals surface area contributed by atoms with E-state index in [-0.39, 0.29) is 22.2 Å². The van der Waals surface area contributed by atoms with Gasteiger partial charge in [-0.05, 0) is 78.7 Å². The number of benzene rings is 2. The Kier molecular flexibility index (Phi) is 9.11. The Morgan fingerprint density at radius 1 is 1.00 bits per heavy atom. The number of primary amides is 1. The molecule has 3 aromatic rings. The van der Waals surface area contributed by atoms with Crippen molar-refractivity contribution in [3.8, 4) is 0 Å². The Morgan fingerprint density at radius 3 is 2.16 bits per heavy atom. The van der Waals surface area contributed by atoms with Crippen LogP contribution in [0.3, 0.4) is 0 Å².